The maximum atomic E-state index is 12.9. The van der Waals surface area contributed by atoms with Gasteiger partial charge in [0.2, 0.25) is 0 Å². The molecule has 19 heavy (non-hydrogen) atoms. The first-order chi connectivity index (χ1) is 8.98. The van der Waals surface area contributed by atoms with Crippen molar-refractivity contribution in [1.82, 2.24) is 15.5 Å². The Morgan fingerprint density at radius 2 is 2.16 bits per heavy atom. The summed E-state index contributed by atoms with van der Waals surface area (Å²) in [6.45, 7) is 0. The molecule has 0 fully saturated rings. The summed E-state index contributed by atoms with van der Waals surface area (Å²) in [5.74, 6) is -0.972. The smallest absolute Gasteiger partial charge is 0.364 e. The number of amides is 1. The van der Waals surface area contributed by atoms with Gasteiger partial charge in [0.05, 0.1) is 0 Å². The normalized spacial score (nSPS) is 13.0. The van der Waals surface area contributed by atoms with Crippen LogP contribution in [0.1, 0.15) is 22.1 Å². The highest BCUT2D eigenvalue weighted by molar-refractivity contribution is 5.92. The van der Waals surface area contributed by atoms with Crippen molar-refractivity contribution in [1.29, 1.82) is 0 Å². The summed E-state index contributed by atoms with van der Waals surface area (Å²) in [6.07, 6.45) is -1.15. The van der Waals surface area contributed by atoms with Crippen LogP contribution in [0.2, 0.25) is 0 Å². The van der Waals surface area contributed by atoms with Crippen molar-refractivity contribution >= 4 is 5.91 Å². The van der Waals surface area contributed by atoms with Crippen molar-refractivity contribution in [3.63, 3.8) is 0 Å². The zero-order valence-corrected chi connectivity index (χ0v) is 9.39. The van der Waals surface area contributed by atoms with Gasteiger partial charge < -0.3 is 9.84 Å². The second-order valence-corrected chi connectivity index (χ2v) is 3.62. The molecule has 0 aliphatic carbocycles. The summed E-state index contributed by atoms with van der Waals surface area (Å²) >= 11 is 0. The molecule has 5 nitrogen and oxygen atoms in total. The number of pyridine rings is 1. The van der Waals surface area contributed by atoms with Crippen LogP contribution in [-0.4, -0.2) is 22.2 Å². The van der Waals surface area contributed by atoms with Gasteiger partial charge in [0.15, 0.2) is 11.7 Å². The molecule has 1 atom stereocenters. The number of aromatic nitrogens is 2. The fraction of sp³-hybridized carbons (Fsp3) is 0.182. The van der Waals surface area contributed by atoms with E-state index in [1.165, 1.54) is 24.4 Å². The summed E-state index contributed by atoms with van der Waals surface area (Å²) in [5.41, 5.74) is -0.384. The zero-order chi connectivity index (χ0) is 13.9. The van der Waals surface area contributed by atoms with E-state index in [-0.39, 0.29) is 11.3 Å². The molecule has 0 unspecified atom stereocenters. The van der Waals surface area contributed by atoms with Crippen molar-refractivity contribution in [2.24, 2.45) is 0 Å². The monoisotopic (exact) mass is 271 g/mol. The van der Waals surface area contributed by atoms with Gasteiger partial charge in [-0.3, -0.25) is 9.78 Å². The van der Waals surface area contributed by atoms with E-state index < -0.39 is 18.1 Å². The second-order valence-electron chi connectivity index (χ2n) is 3.62. The van der Waals surface area contributed by atoms with Gasteiger partial charge >= 0.3 is 6.18 Å². The lowest BCUT2D eigenvalue weighted by Gasteiger charge is -2.21. The summed E-state index contributed by atoms with van der Waals surface area (Å²) in [5, 5.41) is 5.12. The molecule has 2 heterocycles. The third-order valence-electron chi connectivity index (χ3n) is 2.29. The molecule has 0 saturated heterocycles. The minimum atomic E-state index is -4.64. The van der Waals surface area contributed by atoms with Crippen LogP contribution in [0.4, 0.5) is 13.2 Å². The van der Waals surface area contributed by atoms with Crippen LogP contribution in [0.3, 0.4) is 0 Å². The van der Waals surface area contributed by atoms with E-state index in [2.05, 4.69) is 14.7 Å². The van der Waals surface area contributed by atoms with Crippen molar-refractivity contribution in [3.05, 3.63) is 48.1 Å². The summed E-state index contributed by atoms with van der Waals surface area (Å²) in [4.78, 5) is 15.2. The Morgan fingerprint density at radius 3 is 2.68 bits per heavy atom. The topological polar surface area (TPSA) is 68.0 Å². The largest absolute Gasteiger partial charge is 0.412 e. The van der Waals surface area contributed by atoms with Crippen molar-refractivity contribution in [2.45, 2.75) is 12.2 Å². The lowest BCUT2D eigenvalue weighted by Crippen LogP contribution is -2.38. The molecule has 100 valence electrons. The third kappa shape index (κ3) is 3.09. The molecule has 0 radical (unpaired) electrons. The number of rotatable bonds is 3. The average molecular weight is 271 g/mol. The summed E-state index contributed by atoms with van der Waals surface area (Å²) in [7, 11) is 0. The predicted molar refractivity (Wildman–Crippen MR) is 57.0 cm³/mol. The Morgan fingerprint density at radius 1 is 1.37 bits per heavy atom. The second kappa shape index (κ2) is 5.09. The van der Waals surface area contributed by atoms with Crippen LogP contribution >= 0.6 is 0 Å². The molecule has 0 spiro atoms. The van der Waals surface area contributed by atoms with E-state index >= 15 is 0 Å². The van der Waals surface area contributed by atoms with E-state index in [0.717, 1.165) is 12.5 Å². The van der Waals surface area contributed by atoms with Gasteiger partial charge in [0.1, 0.15) is 6.26 Å². The average Bonchev–Trinajstić information content (AvgIpc) is 2.89. The van der Waals surface area contributed by atoms with Gasteiger partial charge in [-0.25, -0.2) is 0 Å². The number of hydrogen-bond acceptors (Lipinski definition) is 4. The molecule has 1 N–H and O–H groups in total. The fourth-order valence-corrected chi connectivity index (χ4v) is 1.44. The molecule has 0 saturated carbocycles. The van der Waals surface area contributed by atoms with Crippen molar-refractivity contribution in [3.8, 4) is 0 Å². The van der Waals surface area contributed by atoms with E-state index in [1.54, 1.807) is 0 Å². The predicted octanol–water partition coefficient (Wildman–Crippen LogP) is 2.10. The first-order valence-electron chi connectivity index (χ1n) is 5.16. The van der Waals surface area contributed by atoms with Crippen LogP contribution < -0.4 is 5.32 Å². The molecule has 1 amide bonds. The number of carbonyl (C=O) groups excluding carboxylic acids is 1. The quantitative estimate of drug-likeness (QED) is 0.928. The van der Waals surface area contributed by atoms with Gasteiger partial charge in [-0.15, -0.1) is 0 Å². The minimum absolute atomic E-state index is 0.160. The highest BCUT2D eigenvalue weighted by Gasteiger charge is 2.42. The van der Waals surface area contributed by atoms with Gasteiger partial charge in [0.25, 0.3) is 5.91 Å². The van der Waals surface area contributed by atoms with Crippen molar-refractivity contribution < 1.29 is 22.5 Å². The maximum Gasteiger partial charge on any atom is 0.412 e. The van der Waals surface area contributed by atoms with Gasteiger partial charge in [-0.1, -0.05) is 11.2 Å². The van der Waals surface area contributed by atoms with Crippen LogP contribution in [-0.2, 0) is 0 Å². The van der Waals surface area contributed by atoms with Crippen molar-refractivity contribution in [2.75, 3.05) is 0 Å². The molecule has 0 aliphatic heterocycles. The van der Waals surface area contributed by atoms with E-state index in [9.17, 15) is 18.0 Å². The molecular weight excluding hydrogens is 263 g/mol. The SMILES string of the molecule is O=C(N[C@H](c1cccnc1)C(F)(F)F)c1ccon1. The fourth-order valence-electron chi connectivity index (χ4n) is 1.44. The molecule has 0 aromatic carbocycles. The number of alkyl halides is 3. The van der Waals surface area contributed by atoms with E-state index in [1.807, 2.05) is 5.32 Å². The highest BCUT2D eigenvalue weighted by Crippen LogP contribution is 2.32. The number of carbonyl (C=O) groups is 1. The highest BCUT2D eigenvalue weighted by atomic mass is 19.4. The summed E-state index contributed by atoms with van der Waals surface area (Å²) in [6, 6.07) is 1.61. The molecule has 0 aliphatic rings. The molecular formula is C11H8F3N3O2. The van der Waals surface area contributed by atoms with Crippen LogP contribution in [0.5, 0.6) is 0 Å². The van der Waals surface area contributed by atoms with Crippen LogP contribution in [0.25, 0.3) is 0 Å². The first kappa shape index (κ1) is 13.1. The van der Waals surface area contributed by atoms with Gasteiger partial charge in [-0.05, 0) is 6.07 Å². The maximum absolute atomic E-state index is 12.9. The number of nitrogens with one attached hydrogen (secondary N) is 1. The van der Waals surface area contributed by atoms with Gasteiger partial charge in [-0.2, -0.15) is 13.2 Å². The van der Waals surface area contributed by atoms with Crippen LogP contribution in [0, 0.1) is 0 Å². The first-order valence-corrected chi connectivity index (χ1v) is 5.16. The zero-order valence-electron chi connectivity index (χ0n) is 9.39. The molecule has 0 bridgehead atoms. The van der Waals surface area contributed by atoms with E-state index in [0.29, 0.717) is 0 Å². The Hall–Kier alpha value is -2.38. The van der Waals surface area contributed by atoms with Gasteiger partial charge in [0, 0.05) is 24.0 Å². The number of nitrogens with zero attached hydrogens (tertiary/aromatic N) is 2. The lowest BCUT2D eigenvalue weighted by molar-refractivity contribution is -0.155. The lowest BCUT2D eigenvalue weighted by atomic mass is 10.1. The number of hydrogen-bond donors (Lipinski definition) is 1. The Bertz CT molecular complexity index is 540. The number of halogens is 3. The Balaban J connectivity index is 2.23. The molecule has 8 heteroatoms. The van der Waals surface area contributed by atoms with Crippen LogP contribution in [0.15, 0.2) is 41.4 Å². The van der Waals surface area contributed by atoms with E-state index in [4.69, 9.17) is 0 Å². The standard InChI is InChI=1S/C11H8F3N3O2/c12-11(13,14)9(7-2-1-4-15-6-7)16-10(18)8-3-5-19-17-8/h1-6,9H,(H,16,18)/t9-/m1/s1. The third-order valence-corrected chi connectivity index (χ3v) is 2.29. The Labute approximate surface area is 105 Å². The molecule has 2 aromatic rings. The molecule has 2 rings (SSSR count). The molecule has 2 aromatic heterocycles. The Kier molecular flexibility index (Phi) is 3.50. The minimum Gasteiger partial charge on any atom is -0.364 e. The summed E-state index contributed by atoms with van der Waals surface area (Å²) < 4.78 is 43.2.